The molecule has 0 heterocycles. The maximum absolute atomic E-state index is 12.1. The van der Waals surface area contributed by atoms with Crippen molar-refractivity contribution in [2.75, 3.05) is 0 Å². The Balaban J connectivity index is 2.34. The van der Waals surface area contributed by atoms with Gasteiger partial charge in [0.05, 0.1) is 0 Å². The molecule has 2 atom stereocenters. The topological polar surface area (TPSA) is 17.1 Å². The summed E-state index contributed by atoms with van der Waals surface area (Å²) in [7, 11) is 0. The molecule has 0 radical (unpaired) electrons. The van der Waals surface area contributed by atoms with Crippen molar-refractivity contribution in [3.63, 3.8) is 0 Å². The fourth-order valence-corrected chi connectivity index (χ4v) is 3.44. The van der Waals surface area contributed by atoms with Crippen molar-refractivity contribution in [1.29, 1.82) is 0 Å². The first-order valence-electron chi connectivity index (χ1n) is 6.31. The van der Waals surface area contributed by atoms with E-state index in [1.165, 1.54) is 24.0 Å². The molecule has 2 aliphatic carbocycles. The summed E-state index contributed by atoms with van der Waals surface area (Å²) >= 11 is 0. The van der Waals surface area contributed by atoms with Gasteiger partial charge in [-0.05, 0) is 56.4 Å². The quantitative estimate of drug-likeness (QED) is 0.443. The van der Waals surface area contributed by atoms with E-state index in [0.717, 1.165) is 24.8 Å². The molecule has 0 unspecified atom stereocenters. The van der Waals surface area contributed by atoms with E-state index in [1.54, 1.807) is 0 Å². The predicted octanol–water partition coefficient (Wildman–Crippen LogP) is 4.05. The lowest BCUT2D eigenvalue weighted by Crippen LogP contribution is -2.39. The van der Waals surface area contributed by atoms with Crippen LogP contribution >= 0.6 is 0 Å². The lowest BCUT2D eigenvalue weighted by atomic mass is 9.57. The van der Waals surface area contributed by atoms with Crippen LogP contribution in [0.4, 0.5) is 0 Å². The number of Topliss-reactive ketones (excluding diaryl/α,β-unsaturated/α-hetero) is 1. The minimum Gasteiger partial charge on any atom is -0.295 e. The number of hydrogen-bond acceptors (Lipinski definition) is 1. The van der Waals surface area contributed by atoms with Crippen molar-refractivity contribution >= 4 is 5.78 Å². The minimum atomic E-state index is 0.200. The van der Waals surface area contributed by atoms with E-state index in [9.17, 15) is 4.79 Å². The molecule has 2 rings (SSSR count). The van der Waals surface area contributed by atoms with Gasteiger partial charge in [0.2, 0.25) is 0 Å². The second-order valence-electron chi connectivity index (χ2n) is 6.00. The highest BCUT2D eigenvalue weighted by molar-refractivity contribution is 5.97. The zero-order valence-corrected chi connectivity index (χ0v) is 10.7. The molecule has 0 aliphatic heterocycles. The summed E-state index contributed by atoms with van der Waals surface area (Å²) in [4.78, 5) is 12.1. The molecule has 0 amide bonds. The van der Waals surface area contributed by atoms with Gasteiger partial charge in [-0.25, -0.2) is 0 Å². The predicted molar refractivity (Wildman–Crippen MR) is 67.2 cm³/mol. The van der Waals surface area contributed by atoms with E-state index in [4.69, 9.17) is 0 Å². The van der Waals surface area contributed by atoms with Gasteiger partial charge in [-0.15, -0.1) is 0 Å². The fourth-order valence-electron chi connectivity index (χ4n) is 3.44. The normalized spacial score (nSPS) is 34.9. The van der Waals surface area contributed by atoms with Crippen molar-refractivity contribution in [3.05, 3.63) is 23.3 Å². The Hall–Kier alpha value is -0.850. The van der Waals surface area contributed by atoms with Crippen LogP contribution < -0.4 is 0 Å². The lowest BCUT2D eigenvalue weighted by Gasteiger charge is -2.46. The molecule has 0 N–H and O–H groups in total. The summed E-state index contributed by atoms with van der Waals surface area (Å²) in [5, 5.41) is 0. The van der Waals surface area contributed by atoms with Gasteiger partial charge in [0, 0.05) is 6.42 Å². The van der Waals surface area contributed by atoms with Crippen molar-refractivity contribution in [2.24, 2.45) is 11.3 Å². The highest BCUT2D eigenvalue weighted by atomic mass is 16.1. The van der Waals surface area contributed by atoms with Gasteiger partial charge in [0.15, 0.2) is 5.78 Å². The lowest BCUT2D eigenvalue weighted by molar-refractivity contribution is -0.120. The van der Waals surface area contributed by atoms with Gasteiger partial charge in [-0.2, -0.15) is 0 Å². The summed E-state index contributed by atoms with van der Waals surface area (Å²) in [5.74, 6) is 0.928. The second-order valence-corrected chi connectivity index (χ2v) is 6.00. The molecule has 2 aliphatic rings. The molecule has 0 spiro atoms. The fraction of sp³-hybridized carbons (Fsp3) is 0.667. The molecule has 1 nitrogen and oxygen atoms in total. The smallest absolute Gasteiger partial charge is 0.159 e. The molecule has 88 valence electrons. The van der Waals surface area contributed by atoms with Crippen LogP contribution in [-0.2, 0) is 4.79 Å². The van der Waals surface area contributed by atoms with E-state index in [1.807, 2.05) is 0 Å². The molecule has 0 bridgehead atoms. The molecule has 2 fully saturated rings. The molecule has 0 aromatic rings. The highest BCUT2D eigenvalue weighted by Crippen LogP contribution is 2.52. The number of fused-ring (bicyclic) bond motifs is 1. The first kappa shape index (κ1) is 11.6. The molecular formula is C15H22O. The van der Waals surface area contributed by atoms with Crippen molar-refractivity contribution in [3.8, 4) is 0 Å². The third-order valence-electron chi connectivity index (χ3n) is 4.49. The maximum atomic E-state index is 12.1. The van der Waals surface area contributed by atoms with Gasteiger partial charge >= 0.3 is 0 Å². The molecule has 0 aromatic carbocycles. The van der Waals surface area contributed by atoms with E-state index in [0.29, 0.717) is 11.7 Å². The van der Waals surface area contributed by atoms with Crippen LogP contribution in [0.15, 0.2) is 23.3 Å². The second kappa shape index (κ2) is 3.87. The molecular weight excluding hydrogens is 196 g/mol. The number of carbonyl (C=O) groups excluding carboxylic acids is 1. The van der Waals surface area contributed by atoms with Crippen LogP contribution in [0.1, 0.15) is 52.9 Å². The maximum Gasteiger partial charge on any atom is 0.159 e. The first-order chi connectivity index (χ1) is 7.44. The Morgan fingerprint density at radius 1 is 1.44 bits per heavy atom. The van der Waals surface area contributed by atoms with Crippen molar-refractivity contribution < 1.29 is 4.79 Å². The first-order valence-corrected chi connectivity index (χ1v) is 6.31. The van der Waals surface area contributed by atoms with Crippen LogP contribution in [0.2, 0.25) is 0 Å². The Labute approximate surface area is 98.6 Å². The van der Waals surface area contributed by atoms with Gasteiger partial charge < -0.3 is 0 Å². The SMILES string of the molecule is C=C1CCC[C@@]2(C)CC(=O)C(=C(C)C)C[C@H]12. The largest absolute Gasteiger partial charge is 0.295 e. The van der Waals surface area contributed by atoms with Gasteiger partial charge in [-0.3, -0.25) is 4.79 Å². The minimum absolute atomic E-state index is 0.200. The third-order valence-corrected chi connectivity index (χ3v) is 4.49. The number of hydrogen-bond donors (Lipinski definition) is 0. The Kier molecular flexibility index (Phi) is 2.81. The summed E-state index contributed by atoms with van der Waals surface area (Å²) in [6, 6.07) is 0. The summed E-state index contributed by atoms with van der Waals surface area (Å²) in [6.07, 6.45) is 5.24. The van der Waals surface area contributed by atoms with E-state index >= 15 is 0 Å². The van der Waals surface area contributed by atoms with Crippen molar-refractivity contribution in [2.45, 2.75) is 52.9 Å². The molecule has 16 heavy (non-hydrogen) atoms. The average Bonchev–Trinajstić information content (AvgIpc) is 2.15. The van der Waals surface area contributed by atoms with Crippen LogP contribution in [-0.4, -0.2) is 5.78 Å². The standard InChI is InChI=1S/C15H22O/c1-10(2)12-8-13-11(3)6-5-7-15(13,4)9-14(12)16/h13H,3,5-9H2,1-2,4H3/t13-,15+/m1/s1. The van der Waals surface area contributed by atoms with Gasteiger partial charge in [0.1, 0.15) is 0 Å². The number of allylic oxidation sites excluding steroid dienone is 3. The summed E-state index contributed by atoms with van der Waals surface area (Å²) < 4.78 is 0. The number of carbonyl (C=O) groups is 1. The molecule has 0 aromatic heterocycles. The number of ketones is 1. The van der Waals surface area contributed by atoms with E-state index in [-0.39, 0.29) is 5.41 Å². The van der Waals surface area contributed by atoms with Gasteiger partial charge in [-0.1, -0.05) is 24.6 Å². The van der Waals surface area contributed by atoms with Gasteiger partial charge in [0.25, 0.3) is 0 Å². The molecule has 0 saturated heterocycles. The summed E-state index contributed by atoms with van der Waals surface area (Å²) in [6.45, 7) is 10.6. The van der Waals surface area contributed by atoms with E-state index < -0.39 is 0 Å². The Bertz CT molecular complexity index is 371. The zero-order valence-electron chi connectivity index (χ0n) is 10.7. The van der Waals surface area contributed by atoms with Crippen LogP contribution in [0, 0.1) is 11.3 Å². The molecule has 1 heteroatoms. The Morgan fingerprint density at radius 3 is 2.75 bits per heavy atom. The van der Waals surface area contributed by atoms with Crippen LogP contribution in [0.25, 0.3) is 0 Å². The molecule has 2 saturated carbocycles. The number of rotatable bonds is 0. The average molecular weight is 218 g/mol. The van der Waals surface area contributed by atoms with E-state index in [2.05, 4.69) is 27.4 Å². The van der Waals surface area contributed by atoms with Crippen molar-refractivity contribution in [1.82, 2.24) is 0 Å². The summed E-state index contributed by atoms with van der Waals surface area (Å²) in [5.41, 5.74) is 3.85. The highest BCUT2D eigenvalue weighted by Gasteiger charge is 2.44. The third kappa shape index (κ3) is 1.77. The zero-order chi connectivity index (χ0) is 11.9. The van der Waals surface area contributed by atoms with Crippen LogP contribution in [0.3, 0.4) is 0 Å². The Morgan fingerprint density at radius 2 is 2.12 bits per heavy atom. The monoisotopic (exact) mass is 218 g/mol. The van der Waals surface area contributed by atoms with Crippen LogP contribution in [0.5, 0.6) is 0 Å².